The van der Waals surface area contributed by atoms with Crippen LogP contribution in [0.2, 0.25) is 0 Å². The fourth-order valence-corrected chi connectivity index (χ4v) is 6.85. The van der Waals surface area contributed by atoms with E-state index in [0.29, 0.717) is 6.61 Å². The normalized spacial score (nSPS) is 11.4. The SMILES string of the molecule is CCCCOc1ccccc1C(OO[SiH](c1ccccc1)c1ccccc1)(c1ccccc1)c1ccccc1. The zero-order chi connectivity index (χ0) is 26.8. The number of hydrogen-bond donors (Lipinski definition) is 0. The molecule has 4 heteroatoms. The molecule has 0 saturated heterocycles. The second kappa shape index (κ2) is 13.2. The Hall–Kier alpha value is -3.96. The molecule has 0 spiro atoms. The van der Waals surface area contributed by atoms with Crippen molar-refractivity contribution >= 4 is 19.4 Å². The van der Waals surface area contributed by atoms with Crippen LogP contribution in [0.4, 0.5) is 0 Å². The quantitative estimate of drug-likeness (QED) is 0.0595. The van der Waals surface area contributed by atoms with Crippen molar-refractivity contribution in [3.05, 3.63) is 162 Å². The number of hydrogen-bond acceptors (Lipinski definition) is 3. The first-order valence-electron chi connectivity index (χ1n) is 13.6. The molecule has 0 aliphatic heterocycles. The van der Waals surface area contributed by atoms with E-state index < -0.39 is 14.6 Å². The number of unbranched alkanes of at least 4 members (excludes halogenated alkanes) is 1. The van der Waals surface area contributed by atoms with Crippen molar-refractivity contribution in [1.29, 1.82) is 0 Å². The van der Waals surface area contributed by atoms with E-state index in [4.69, 9.17) is 14.2 Å². The van der Waals surface area contributed by atoms with Gasteiger partial charge in [0.05, 0.1) is 6.61 Å². The van der Waals surface area contributed by atoms with E-state index in [-0.39, 0.29) is 0 Å². The lowest BCUT2D eigenvalue weighted by molar-refractivity contribution is -0.273. The maximum Gasteiger partial charge on any atom is 0.285 e. The standard InChI is InChI=1S/C35H34O3Si/c1-2-3-28-36-34-27-17-16-26-33(34)35(29-18-8-4-9-19-29,30-20-10-5-11-21-30)37-38-39(31-22-12-6-13-23-31)32-24-14-7-15-25-32/h4-27,39H,2-3,28H2,1H3. The van der Waals surface area contributed by atoms with Gasteiger partial charge in [-0.05, 0) is 34.0 Å². The lowest BCUT2D eigenvalue weighted by atomic mass is 9.80. The van der Waals surface area contributed by atoms with Gasteiger partial charge in [0.1, 0.15) is 5.75 Å². The van der Waals surface area contributed by atoms with Crippen molar-refractivity contribution in [1.82, 2.24) is 0 Å². The van der Waals surface area contributed by atoms with Gasteiger partial charge in [-0.3, -0.25) is 4.58 Å². The summed E-state index contributed by atoms with van der Waals surface area (Å²) in [6.07, 6.45) is 2.04. The molecule has 0 aliphatic carbocycles. The van der Waals surface area contributed by atoms with Crippen LogP contribution in [0.15, 0.2) is 146 Å². The number of para-hydroxylation sites is 1. The van der Waals surface area contributed by atoms with Crippen molar-refractivity contribution < 1.29 is 14.2 Å². The van der Waals surface area contributed by atoms with Crippen LogP contribution >= 0.6 is 0 Å². The minimum Gasteiger partial charge on any atom is -0.493 e. The molecule has 0 unspecified atom stereocenters. The highest BCUT2D eigenvalue weighted by Crippen LogP contribution is 2.44. The molecule has 0 saturated carbocycles. The van der Waals surface area contributed by atoms with Gasteiger partial charge in [0.2, 0.25) is 0 Å². The van der Waals surface area contributed by atoms with Crippen LogP contribution < -0.4 is 15.1 Å². The van der Waals surface area contributed by atoms with E-state index in [9.17, 15) is 0 Å². The van der Waals surface area contributed by atoms with Gasteiger partial charge in [0, 0.05) is 5.56 Å². The Morgan fingerprint density at radius 2 is 1.03 bits per heavy atom. The third kappa shape index (κ3) is 6.04. The van der Waals surface area contributed by atoms with Gasteiger partial charge in [0.15, 0.2) is 5.60 Å². The monoisotopic (exact) mass is 530 g/mol. The van der Waals surface area contributed by atoms with Crippen LogP contribution in [0, 0.1) is 0 Å². The van der Waals surface area contributed by atoms with Crippen LogP contribution in [-0.2, 0) is 15.1 Å². The molecule has 5 aromatic rings. The molecule has 0 heterocycles. The molecular formula is C35H34O3Si. The zero-order valence-corrected chi connectivity index (χ0v) is 23.4. The Bertz CT molecular complexity index is 1330. The van der Waals surface area contributed by atoms with Crippen molar-refractivity contribution in [2.75, 3.05) is 6.61 Å². The molecule has 5 rings (SSSR count). The highest BCUT2D eigenvalue weighted by molar-refractivity contribution is 6.79. The van der Waals surface area contributed by atoms with Gasteiger partial charge in [0.25, 0.3) is 9.04 Å². The van der Waals surface area contributed by atoms with Gasteiger partial charge in [-0.2, -0.15) is 0 Å². The van der Waals surface area contributed by atoms with Gasteiger partial charge in [-0.25, -0.2) is 4.89 Å². The van der Waals surface area contributed by atoms with Gasteiger partial charge in [-0.1, -0.05) is 153 Å². The first-order chi connectivity index (χ1) is 19.3. The minimum absolute atomic E-state index is 0.638. The van der Waals surface area contributed by atoms with Gasteiger partial charge >= 0.3 is 0 Å². The second-order valence-electron chi connectivity index (χ2n) is 9.49. The highest BCUT2D eigenvalue weighted by Gasteiger charge is 2.42. The summed E-state index contributed by atoms with van der Waals surface area (Å²) in [6, 6.07) is 49.6. The van der Waals surface area contributed by atoms with Crippen molar-refractivity contribution in [2.45, 2.75) is 25.4 Å². The van der Waals surface area contributed by atoms with Crippen LogP contribution in [0.25, 0.3) is 0 Å². The average Bonchev–Trinajstić information content (AvgIpc) is 3.02. The summed E-state index contributed by atoms with van der Waals surface area (Å²) in [5, 5.41) is 2.29. The molecule has 0 radical (unpaired) electrons. The van der Waals surface area contributed by atoms with E-state index in [1.54, 1.807) is 0 Å². The smallest absolute Gasteiger partial charge is 0.285 e. The van der Waals surface area contributed by atoms with E-state index in [1.165, 1.54) is 0 Å². The zero-order valence-electron chi connectivity index (χ0n) is 22.3. The molecule has 196 valence electrons. The average molecular weight is 531 g/mol. The Morgan fingerprint density at radius 3 is 1.54 bits per heavy atom. The Balaban J connectivity index is 1.67. The largest absolute Gasteiger partial charge is 0.493 e. The number of benzene rings is 5. The van der Waals surface area contributed by atoms with Crippen LogP contribution in [0.3, 0.4) is 0 Å². The molecule has 3 nitrogen and oxygen atoms in total. The predicted octanol–water partition coefficient (Wildman–Crippen LogP) is 6.64. The summed E-state index contributed by atoms with van der Waals surface area (Å²) in [6.45, 7) is 2.81. The molecule has 0 atom stereocenters. The fraction of sp³-hybridized carbons (Fsp3) is 0.143. The molecule has 5 aromatic carbocycles. The van der Waals surface area contributed by atoms with E-state index in [0.717, 1.165) is 45.7 Å². The second-order valence-corrected chi connectivity index (χ2v) is 11.8. The Labute approximate surface area is 233 Å². The van der Waals surface area contributed by atoms with Gasteiger partial charge < -0.3 is 4.74 Å². The summed E-state index contributed by atoms with van der Waals surface area (Å²) in [4.78, 5) is 6.89. The lowest BCUT2D eigenvalue weighted by Crippen LogP contribution is -2.47. The molecule has 0 bridgehead atoms. The minimum atomic E-state index is -2.23. The summed E-state index contributed by atoms with van der Waals surface area (Å²) >= 11 is 0. The molecule has 0 fully saturated rings. The molecular weight excluding hydrogens is 496 g/mol. The summed E-state index contributed by atoms with van der Waals surface area (Å²) in [5.41, 5.74) is 1.79. The van der Waals surface area contributed by atoms with E-state index in [1.807, 2.05) is 66.7 Å². The topological polar surface area (TPSA) is 27.7 Å². The Morgan fingerprint density at radius 1 is 0.564 bits per heavy atom. The molecule has 0 amide bonds. The first-order valence-corrected chi connectivity index (χ1v) is 15.2. The van der Waals surface area contributed by atoms with Crippen LogP contribution in [0.1, 0.15) is 36.5 Å². The third-order valence-corrected chi connectivity index (χ3v) is 9.13. The summed E-state index contributed by atoms with van der Waals surface area (Å²) in [5.74, 6) is 0.792. The third-order valence-electron chi connectivity index (χ3n) is 6.86. The maximum atomic E-state index is 6.89. The summed E-state index contributed by atoms with van der Waals surface area (Å²) < 4.78 is 13.1. The Kier molecular flexibility index (Phi) is 9.02. The maximum absolute atomic E-state index is 6.89. The van der Waals surface area contributed by atoms with Crippen molar-refractivity contribution in [3.63, 3.8) is 0 Å². The lowest BCUT2D eigenvalue weighted by Gasteiger charge is -2.36. The molecule has 39 heavy (non-hydrogen) atoms. The summed E-state index contributed by atoms with van der Waals surface area (Å²) in [7, 11) is -2.23. The van der Waals surface area contributed by atoms with E-state index in [2.05, 4.69) is 85.8 Å². The number of ether oxygens (including phenoxy) is 1. The van der Waals surface area contributed by atoms with Crippen LogP contribution in [0.5, 0.6) is 5.75 Å². The van der Waals surface area contributed by atoms with Crippen LogP contribution in [-0.4, -0.2) is 15.6 Å². The van der Waals surface area contributed by atoms with E-state index >= 15 is 0 Å². The van der Waals surface area contributed by atoms with Crippen molar-refractivity contribution in [2.24, 2.45) is 0 Å². The molecule has 0 aliphatic rings. The van der Waals surface area contributed by atoms with Gasteiger partial charge in [-0.15, -0.1) is 0 Å². The number of rotatable bonds is 12. The highest BCUT2D eigenvalue weighted by atomic mass is 28.3. The fourth-order valence-electron chi connectivity index (χ4n) is 4.85. The molecule has 0 aromatic heterocycles. The molecule has 0 N–H and O–H groups in total. The predicted molar refractivity (Wildman–Crippen MR) is 161 cm³/mol. The first kappa shape index (κ1) is 26.6. The van der Waals surface area contributed by atoms with Crippen molar-refractivity contribution in [3.8, 4) is 5.75 Å².